The normalized spacial score (nSPS) is 12.1. The van der Waals surface area contributed by atoms with Gasteiger partial charge in [-0.2, -0.15) is 0 Å². The molecule has 0 amide bonds. The Hall–Kier alpha value is -1.43. The summed E-state index contributed by atoms with van der Waals surface area (Å²) in [6.45, 7) is 1.70. The number of hydrogen-bond acceptors (Lipinski definition) is 3. The first-order valence-electron chi connectivity index (χ1n) is 3.06. The van der Waals surface area contributed by atoms with E-state index in [0.717, 1.165) is 6.08 Å². The number of carbonyl (C=O) groups excluding carboxylic acids is 1. The SMILES string of the molecule is C#CC(C)O/C=C/C(=O)OC. The van der Waals surface area contributed by atoms with E-state index >= 15 is 0 Å². The van der Waals surface area contributed by atoms with Crippen molar-refractivity contribution in [3.05, 3.63) is 12.3 Å². The van der Waals surface area contributed by atoms with E-state index in [0.29, 0.717) is 0 Å². The van der Waals surface area contributed by atoms with E-state index in [1.807, 2.05) is 0 Å². The molecule has 0 aliphatic rings. The minimum atomic E-state index is -0.464. The Labute approximate surface area is 66.0 Å². The molecule has 1 atom stereocenters. The van der Waals surface area contributed by atoms with Crippen LogP contribution in [-0.2, 0) is 14.3 Å². The van der Waals surface area contributed by atoms with Gasteiger partial charge >= 0.3 is 5.97 Å². The molecule has 3 heteroatoms. The van der Waals surface area contributed by atoms with Crippen LogP contribution >= 0.6 is 0 Å². The summed E-state index contributed by atoms with van der Waals surface area (Å²) in [6.07, 6.45) is 7.05. The highest BCUT2D eigenvalue weighted by atomic mass is 16.5. The van der Waals surface area contributed by atoms with Crippen molar-refractivity contribution in [1.82, 2.24) is 0 Å². The molecule has 0 aromatic carbocycles. The van der Waals surface area contributed by atoms with Crippen LogP contribution in [0.2, 0.25) is 0 Å². The van der Waals surface area contributed by atoms with Crippen LogP contribution in [0.15, 0.2) is 12.3 Å². The highest BCUT2D eigenvalue weighted by molar-refractivity contribution is 5.81. The Balaban J connectivity index is 3.62. The van der Waals surface area contributed by atoms with Crippen LogP contribution < -0.4 is 0 Å². The van der Waals surface area contributed by atoms with E-state index in [9.17, 15) is 4.79 Å². The molecule has 0 aromatic rings. The summed E-state index contributed by atoms with van der Waals surface area (Å²) >= 11 is 0. The van der Waals surface area contributed by atoms with Gasteiger partial charge in [0.05, 0.1) is 19.4 Å². The van der Waals surface area contributed by atoms with Gasteiger partial charge in [0.1, 0.15) is 0 Å². The van der Waals surface area contributed by atoms with E-state index in [2.05, 4.69) is 10.7 Å². The average Bonchev–Trinajstić information content (AvgIpc) is 2.04. The van der Waals surface area contributed by atoms with Gasteiger partial charge < -0.3 is 9.47 Å². The van der Waals surface area contributed by atoms with Gasteiger partial charge in [0.25, 0.3) is 0 Å². The summed E-state index contributed by atoms with van der Waals surface area (Å²) in [5.41, 5.74) is 0. The number of esters is 1. The van der Waals surface area contributed by atoms with Gasteiger partial charge in [-0.15, -0.1) is 6.42 Å². The monoisotopic (exact) mass is 154 g/mol. The number of methoxy groups -OCH3 is 1. The Morgan fingerprint density at radius 2 is 2.36 bits per heavy atom. The molecule has 0 rings (SSSR count). The van der Waals surface area contributed by atoms with Crippen molar-refractivity contribution in [2.75, 3.05) is 7.11 Å². The predicted molar refractivity (Wildman–Crippen MR) is 40.5 cm³/mol. The van der Waals surface area contributed by atoms with Gasteiger partial charge in [-0.1, -0.05) is 5.92 Å². The molecule has 0 aromatic heterocycles. The lowest BCUT2D eigenvalue weighted by atomic mass is 10.4. The highest BCUT2D eigenvalue weighted by Crippen LogP contribution is 1.88. The molecule has 0 heterocycles. The summed E-state index contributed by atoms with van der Waals surface area (Å²) in [4.78, 5) is 10.4. The van der Waals surface area contributed by atoms with Crippen LogP contribution in [0.4, 0.5) is 0 Å². The zero-order valence-electron chi connectivity index (χ0n) is 6.53. The maximum atomic E-state index is 10.4. The van der Waals surface area contributed by atoms with Crippen molar-refractivity contribution in [2.45, 2.75) is 13.0 Å². The molecular weight excluding hydrogens is 144 g/mol. The third-order valence-corrected chi connectivity index (χ3v) is 0.923. The first-order valence-corrected chi connectivity index (χ1v) is 3.06. The first-order chi connectivity index (χ1) is 5.20. The second-order valence-electron chi connectivity index (χ2n) is 1.77. The molecule has 0 aliphatic carbocycles. The van der Waals surface area contributed by atoms with E-state index in [-0.39, 0.29) is 6.10 Å². The van der Waals surface area contributed by atoms with Crippen molar-refractivity contribution < 1.29 is 14.3 Å². The molecule has 0 spiro atoms. The van der Waals surface area contributed by atoms with Crippen LogP contribution in [0.25, 0.3) is 0 Å². The largest absolute Gasteiger partial charge is 0.485 e. The third kappa shape index (κ3) is 5.04. The minimum Gasteiger partial charge on any atom is -0.485 e. The van der Waals surface area contributed by atoms with E-state index in [1.165, 1.54) is 13.4 Å². The molecule has 0 N–H and O–H groups in total. The fourth-order valence-corrected chi connectivity index (χ4v) is 0.320. The lowest BCUT2D eigenvalue weighted by Gasteiger charge is -2.00. The standard InChI is InChI=1S/C8H10O3/c1-4-7(2)11-6-5-8(9)10-3/h1,5-7H,2-3H3/b6-5+. The van der Waals surface area contributed by atoms with Gasteiger partial charge in [-0.05, 0) is 6.92 Å². The molecule has 1 unspecified atom stereocenters. The Morgan fingerprint density at radius 3 is 2.82 bits per heavy atom. The van der Waals surface area contributed by atoms with Gasteiger partial charge in [0.2, 0.25) is 0 Å². The van der Waals surface area contributed by atoms with Gasteiger partial charge in [0.15, 0.2) is 6.10 Å². The summed E-state index contributed by atoms with van der Waals surface area (Å²) in [7, 11) is 1.29. The summed E-state index contributed by atoms with van der Waals surface area (Å²) < 4.78 is 9.15. The third-order valence-electron chi connectivity index (χ3n) is 0.923. The minimum absolute atomic E-state index is 0.323. The number of rotatable bonds is 3. The van der Waals surface area contributed by atoms with Crippen molar-refractivity contribution in [1.29, 1.82) is 0 Å². The Kier molecular flexibility index (Phi) is 4.67. The Bertz CT molecular complexity index is 188. The number of hydrogen-bond donors (Lipinski definition) is 0. The summed E-state index contributed by atoms with van der Waals surface area (Å²) in [6, 6.07) is 0. The molecule has 11 heavy (non-hydrogen) atoms. The number of terminal acetylenes is 1. The lowest BCUT2D eigenvalue weighted by Crippen LogP contribution is -2.00. The summed E-state index contributed by atoms with van der Waals surface area (Å²) in [5.74, 6) is 1.87. The number of carbonyl (C=O) groups is 1. The van der Waals surface area contributed by atoms with Crippen LogP contribution in [0.5, 0.6) is 0 Å². The van der Waals surface area contributed by atoms with Gasteiger partial charge in [-0.3, -0.25) is 0 Å². The predicted octanol–water partition coefficient (Wildman–Crippen LogP) is 0.711. The average molecular weight is 154 g/mol. The topological polar surface area (TPSA) is 35.5 Å². The van der Waals surface area contributed by atoms with Crippen LogP contribution in [0, 0.1) is 12.3 Å². The molecule has 60 valence electrons. The van der Waals surface area contributed by atoms with E-state index in [4.69, 9.17) is 11.2 Å². The molecule has 0 saturated carbocycles. The summed E-state index contributed by atoms with van der Waals surface area (Å²) in [5, 5.41) is 0. The molecule has 0 aliphatic heterocycles. The molecular formula is C8H10O3. The van der Waals surface area contributed by atoms with Crippen LogP contribution in [-0.4, -0.2) is 19.2 Å². The lowest BCUT2D eigenvalue weighted by molar-refractivity contribution is -0.135. The van der Waals surface area contributed by atoms with Crippen molar-refractivity contribution in [3.8, 4) is 12.3 Å². The smallest absolute Gasteiger partial charge is 0.333 e. The van der Waals surface area contributed by atoms with E-state index < -0.39 is 5.97 Å². The highest BCUT2D eigenvalue weighted by Gasteiger charge is 1.93. The fraction of sp³-hybridized carbons (Fsp3) is 0.375. The van der Waals surface area contributed by atoms with Crippen molar-refractivity contribution in [2.24, 2.45) is 0 Å². The van der Waals surface area contributed by atoms with Crippen molar-refractivity contribution >= 4 is 5.97 Å². The van der Waals surface area contributed by atoms with Gasteiger partial charge in [0, 0.05) is 0 Å². The van der Waals surface area contributed by atoms with Crippen LogP contribution in [0.1, 0.15) is 6.92 Å². The maximum Gasteiger partial charge on any atom is 0.333 e. The number of ether oxygens (including phenoxy) is 2. The zero-order valence-corrected chi connectivity index (χ0v) is 6.53. The fourth-order valence-electron chi connectivity index (χ4n) is 0.320. The van der Waals surface area contributed by atoms with Crippen LogP contribution in [0.3, 0.4) is 0 Å². The second kappa shape index (κ2) is 5.36. The second-order valence-corrected chi connectivity index (χ2v) is 1.77. The maximum absolute atomic E-state index is 10.4. The zero-order chi connectivity index (χ0) is 8.69. The Morgan fingerprint density at radius 1 is 1.73 bits per heavy atom. The van der Waals surface area contributed by atoms with E-state index in [1.54, 1.807) is 6.92 Å². The van der Waals surface area contributed by atoms with Crippen molar-refractivity contribution in [3.63, 3.8) is 0 Å². The molecule has 3 nitrogen and oxygen atoms in total. The molecule has 0 radical (unpaired) electrons. The first kappa shape index (κ1) is 9.57. The quantitative estimate of drug-likeness (QED) is 0.260. The van der Waals surface area contributed by atoms with Gasteiger partial charge in [-0.25, -0.2) is 4.79 Å². The molecule has 0 saturated heterocycles. The molecule has 0 bridgehead atoms. The molecule has 0 fully saturated rings.